The number of rotatable bonds is 3. The molecule has 0 aliphatic rings. The Morgan fingerprint density at radius 3 is 2.65 bits per heavy atom. The van der Waals surface area contributed by atoms with Crippen LogP contribution < -0.4 is 0 Å². The van der Waals surface area contributed by atoms with E-state index >= 15 is 0 Å². The Morgan fingerprint density at radius 2 is 2.06 bits per heavy atom. The van der Waals surface area contributed by atoms with Crippen LogP contribution in [0.4, 0.5) is 4.39 Å². The van der Waals surface area contributed by atoms with Crippen LogP contribution in [-0.2, 0) is 6.42 Å². The Balaban J connectivity index is 2.21. The fraction of sp³-hybridized carbons (Fsp3) is 0.167. The molecule has 2 rings (SSSR count). The molecule has 1 heterocycles. The molecule has 0 spiro atoms. The standard InChI is InChI=1S/C12H8BrCl2FO/c13-12-5-4-11(17-12)9(15)6-7-8(14)2-1-3-10(7)16/h1-5,9H,6H2. The first-order valence-electron chi connectivity index (χ1n) is 4.90. The summed E-state index contributed by atoms with van der Waals surface area (Å²) in [4.78, 5) is 0. The highest BCUT2D eigenvalue weighted by Crippen LogP contribution is 2.31. The smallest absolute Gasteiger partial charge is 0.169 e. The van der Waals surface area contributed by atoms with E-state index in [0.717, 1.165) is 0 Å². The summed E-state index contributed by atoms with van der Waals surface area (Å²) in [5, 5.41) is -0.0722. The molecule has 2 aromatic rings. The largest absolute Gasteiger partial charge is 0.453 e. The second-order valence-electron chi connectivity index (χ2n) is 3.51. The predicted octanol–water partition coefficient (Wildman–Crippen LogP) is 5.36. The zero-order chi connectivity index (χ0) is 12.4. The summed E-state index contributed by atoms with van der Waals surface area (Å²) in [5.74, 6) is 0.228. The quantitative estimate of drug-likeness (QED) is 0.687. The van der Waals surface area contributed by atoms with Crippen LogP contribution in [0.5, 0.6) is 0 Å². The van der Waals surface area contributed by atoms with Crippen molar-refractivity contribution in [3.8, 4) is 0 Å². The molecule has 1 unspecified atom stereocenters. The summed E-state index contributed by atoms with van der Waals surface area (Å²) < 4.78 is 19.5. The predicted molar refractivity (Wildman–Crippen MR) is 70.1 cm³/mol. The maximum Gasteiger partial charge on any atom is 0.169 e. The van der Waals surface area contributed by atoms with Crippen molar-refractivity contribution < 1.29 is 8.81 Å². The lowest BCUT2D eigenvalue weighted by atomic mass is 10.1. The summed E-state index contributed by atoms with van der Waals surface area (Å²) >= 11 is 15.3. The minimum atomic E-state index is -0.448. The molecule has 0 bridgehead atoms. The van der Waals surface area contributed by atoms with Gasteiger partial charge < -0.3 is 4.42 Å². The number of alkyl halides is 1. The summed E-state index contributed by atoms with van der Waals surface area (Å²) in [5.41, 5.74) is 0.404. The summed E-state index contributed by atoms with van der Waals surface area (Å²) in [6.45, 7) is 0. The van der Waals surface area contributed by atoms with Gasteiger partial charge in [0, 0.05) is 17.0 Å². The van der Waals surface area contributed by atoms with Gasteiger partial charge >= 0.3 is 0 Å². The number of benzene rings is 1. The first kappa shape index (κ1) is 12.9. The van der Waals surface area contributed by atoms with Gasteiger partial charge in [-0.3, -0.25) is 0 Å². The third-order valence-corrected chi connectivity index (χ3v) is 3.50. The van der Waals surface area contributed by atoms with Crippen LogP contribution in [-0.4, -0.2) is 0 Å². The normalized spacial score (nSPS) is 12.7. The molecule has 0 fully saturated rings. The highest BCUT2D eigenvalue weighted by Gasteiger charge is 2.17. The number of hydrogen-bond donors (Lipinski definition) is 0. The molecule has 17 heavy (non-hydrogen) atoms. The SMILES string of the molecule is Fc1cccc(Cl)c1CC(Cl)c1ccc(Br)o1. The van der Waals surface area contributed by atoms with Crippen molar-refractivity contribution in [2.24, 2.45) is 0 Å². The first-order valence-corrected chi connectivity index (χ1v) is 6.51. The van der Waals surface area contributed by atoms with E-state index in [1.807, 2.05) is 0 Å². The van der Waals surface area contributed by atoms with Crippen molar-refractivity contribution in [3.63, 3.8) is 0 Å². The van der Waals surface area contributed by atoms with Crippen LogP contribution in [0.2, 0.25) is 5.02 Å². The van der Waals surface area contributed by atoms with E-state index in [4.69, 9.17) is 27.6 Å². The van der Waals surface area contributed by atoms with E-state index in [1.54, 1.807) is 24.3 Å². The molecule has 0 amide bonds. The van der Waals surface area contributed by atoms with Crippen molar-refractivity contribution >= 4 is 39.1 Å². The van der Waals surface area contributed by atoms with E-state index in [1.165, 1.54) is 6.07 Å². The average molecular weight is 338 g/mol. The fourth-order valence-electron chi connectivity index (χ4n) is 1.50. The van der Waals surface area contributed by atoms with Crippen LogP contribution in [0.15, 0.2) is 39.4 Å². The third kappa shape index (κ3) is 3.03. The van der Waals surface area contributed by atoms with Gasteiger partial charge in [0.15, 0.2) is 4.67 Å². The molecular formula is C12H8BrCl2FO. The minimum absolute atomic E-state index is 0.285. The van der Waals surface area contributed by atoms with Gasteiger partial charge in [0.25, 0.3) is 0 Å². The Labute approximate surface area is 117 Å². The number of halogens is 4. The summed E-state index contributed by atoms with van der Waals surface area (Å²) in [6, 6.07) is 8.06. The van der Waals surface area contributed by atoms with Gasteiger partial charge in [-0.25, -0.2) is 4.39 Å². The van der Waals surface area contributed by atoms with Crippen LogP contribution in [0, 0.1) is 5.82 Å². The second-order valence-corrected chi connectivity index (χ2v) is 5.23. The van der Waals surface area contributed by atoms with Crippen LogP contribution >= 0.6 is 39.1 Å². The van der Waals surface area contributed by atoms with E-state index in [2.05, 4.69) is 15.9 Å². The molecule has 1 atom stereocenters. The van der Waals surface area contributed by atoms with E-state index < -0.39 is 5.38 Å². The van der Waals surface area contributed by atoms with E-state index in [9.17, 15) is 4.39 Å². The molecule has 0 N–H and O–H groups in total. The molecule has 0 radical (unpaired) electrons. The Bertz CT molecular complexity index is 507. The topological polar surface area (TPSA) is 13.1 Å². The maximum absolute atomic E-state index is 13.5. The Hall–Kier alpha value is -0.510. The zero-order valence-electron chi connectivity index (χ0n) is 8.59. The molecule has 5 heteroatoms. The van der Waals surface area contributed by atoms with Crippen LogP contribution in [0.1, 0.15) is 16.7 Å². The minimum Gasteiger partial charge on any atom is -0.453 e. The number of furan rings is 1. The van der Waals surface area contributed by atoms with Gasteiger partial charge in [0.1, 0.15) is 11.6 Å². The highest BCUT2D eigenvalue weighted by atomic mass is 79.9. The van der Waals surface area contributed by atoms with Crippen LogP contribution in [0.3, 0.4) is 0 Å². The average Bonchev–Trinajstić information content (AvgIpc) is 2.70. The second kappa shape index (κ2) is 5.42. The van der Waals surface area contributed by atoms with E-state index in [0.29, 0.717) is 21.0 Å². The lowest BCUT2D eigenvalue weighted by Gasteiger charge is -2.09. The van der Waals surface area contributed by atoms with Gasteiger partial charge in [-0.15, -0.1) is 11.6 Å². The van der Waals surface area contributed by atoms with Gasteiger partial charge in [-0.2, -0.15) is 0 Å². The lowest BCUT2D eigenvalue weighted by Crippen LogP contribution is -1.98. The van der Waals surface area contributed by atoms with Crippen molar-refractivity contribution in [2.45, 2.75) is 11.8 Å². The highest BCUT2D eigenvalue weighted by molar-refractivity contribution is 9.10. The monoisotopic (exact) mass is 336 g/mol. The maximum atomic E-state index is 13.5. The molecule has 90 valence electrons. The molecule has 0 saturated heterocycles. The summed E-state index contributed by atoms with van der Waals surface area (Å²) in [6.07, 6.45) is 0.285. The van der Waals surface area contributed by atoms with Gasteiger partial charge in [-0.1, -0.05) is 17.7 Å². The molecule has 0 saturated carbocycles. The molecule has 0 aliphatic carbocycles. The lowest BCUT2D eigenvalue weighted by molar-refractivity contribution is 0.479. The molecule has 1 aromatic carbocycles. The van der Waals surface area contributed by atoms with Crippen molar-refractivity contribution in [1.82, 2.24) is 0 Å². The molecule has 1 aromatic heterocycles. The van der Waals surface area contributed by atoms with Gasteiger partial charge in [0.05, 0.1) is 5.38 Å². The van der Waals surface area contributed by atoms with Crippen molar-refractivity contribution in [3.05, 3.63) is 57.2 Å². The van der Waals surface area contributed by atoms with Gasteiger partial charge in [0.2, 0.25) is 0 Å². The van der Waals surface area contributed by atoms with Gasteiger partial charge in [-0.05, 0) is 40.2 Å². The Kier molecular flexibility index (Phi) is 4.13. The van der Waals surface area contributed by atoms with Crippen LogP contribution in [0.25, 0.3) is 0 Å². The molecule has 0 aliphatic heterocycles. The van der Waals surface area contributed by atoms with E-state index in [-0.39, 0.29) is 12.2 Å². The zero-order valence-corrected chi connectivity index (χ0v) is 11.7. The first-order chi connectivity index (χ1) is 8.08. The van der Waals surface area contributed by atoms with Crippen molar-refractivity contribution in [2.75, 3.05) is 0 Å². The third-order valence-electron chi connectivity index (χ3n) is 2.35. The fourth-order valence-corrected chi connectivity index (χ4v) is 2.33. The molecular weight excluding hydrogens is 330 g/mol. The molecule has 1 nitrogen and oxygen atoms in total. The Morgan fingerprint density at radius 1 is 1.29 bits per heavy atom. The number of hydrogen-bond acceptors (Lipinski definition) is 1. The summed E-state index contributed by atoms with van der Waals surface area (Å²) in [7, 11) is 0. The van der Waals surface area contributed by atoms with Crippen molar-refractivity contribution in [1.29, 1.82) is 0 Å².